The van der Waals surface area contributed by atoms with Crippen molar-refractivity contribution < 1.29 is 14.7 Å². The average molecular weight is 307 g/mol. The maximum absolute atomic E-state index is 12.6. The first kappa shape index (κ1) is 16.5. The summed E-state index contributed by atoms with van der Waals surface area (Å²) in [6.07, 6.45) is 0.646. The first-order valence-electron chi connectivity index (χ1n) is 7.73. The molecule has 0 aromatic carbocycles. The van der Waals surface area contributed by atoms with Crippen molar-refractivity contribution in [2.45, 2.75) is 34.1 Å². The Labute approximate surface area is 131 Å². The van der Waals surface area contributed by atoms with E-state index in [0.717, 1.165) is 17.0 Å². The fraction of sp³-hybridized carbons (Fsp3) is 0.688. The van der Waals surface area contributed by atoms with Crippen LogP contribution < -0.4 is 0 Å². The van der Waals surface area contributed by atoms with Gasteiger partial charge in [-0.05, 0) is 31.7 Å². The van der Waals surface area contributed by atoms with Crippen LogP contribution in [0.3, 0.4) is 0 Å². The fourth-order valence-electron chi connectivity index (χ4n) is 3.29. The predicted molar refractivity (Wildman–Crippen MR) is 82.4 cm³/mol. The number of hydrogen-bond acceptors (Lipinski definition) is 3. The molecule has 2 heterocycles. The molecular formula is C16H25N3O3. The number of aliphatic carboxylic acids is 1. The quantitative estimate of drug-likeness (QED) is 0.912. The minimum atomic E-state index is -0.811. The molecule has 0 radical (unpaired) electrons. The van der Waals surface area contributed by atoms with Crippen LogP contribution in [0.2, 0.25) is 0 Å². The predicted octanol–water partition coefficient (Wildman–Crippen LogP) is 1.39. The molecule has 22 heavy (non-hydrogen) atoms. The van der Waals surface area contributed by atoms with Gasteiger partial charge in [0.1, 0.15) is 0 Å². The van der Waals surface area contributed by atoms with E-state index >= 15 is 0 Å². The summed E-state index contributed by atoms with van der Waals surface area (Å²) in [5.41, 5.74) is 3.15. The Balaban J connectivity index is 2.06. The molecule has 1 amide bonds. The molecule has 0 saturated carbocycles. The van der Waals surface area contributed by atoms with Gasteiger partial charge >= 0.3 is 5.97 Å². The number of rotatable bonds is 4. The Morgan fingerprint density at radius 1 is 1.36 bits per heavy atom. The Kier molecular flexibility index (Phi) is 4.58. The molecule has 0 bridgehead atoms. The molecule has 1 aliphatic rings. The van der Waals surface area contributed by atoms with E-state index < -0.39 is 11.9 Å². The van der Waals surface area contributed by atoms with E-state index in [0.29, 0.717) is 19.5 Å². The topological polar surface area (TPSA) is 75.4 Å². The summed E-state index contributed by atoms with van der Waals surface area (Å²) in [7, 11) is 1.90. The molecule has 1 N–H and O–H groups in total. The van der Waals surface area contributed by atoms with E-state index in [1.54, 1.807) is 4.90 Å². The van der Waals surface area contributed by atoms with Gasteiger partial charge < -0.3 is 10.0 Å². The Hall–Kier alpha value is -1.85. The third-order valence-corrected chi connectivity index (χ3v) is 4.83. The molecule has 1 aromatic rings. The van der Waals surface area contributed by atoms with Crippen LogP contribution in [0.25, 0.3) is 0 Å². The molecule has 1 aliphatic heterocycles. The zero-order valence-corrected chi connectivity index (χ0v) is 14.0. The van der Waals surface area contributed by atoms with E-state index in [1.165, 1.54) is 0 Å². The van der Waals surface area contributed by atoms with E-state index in [-0.39, 0.29) is 17.7 Å². The van der Waals surface area contributed by atoms with Crippen LogP contribution in [0.1, 0.15) is 30.8 Å². The fourth-order valence-corrected chi connectivity index (χ4v) is 3.29. The minimum Gasteiger partial charge on any atom is -0.481 e. The number of aryl methyl sites for hydroxylation is 2. The summed E-state index contributed by atoms with van der Waals surface area (Å²) in [5, 5.41) is 13.6. The van der Waals surface area contributed by atoms with Gasteiger partial charge in [-0.15, -0.1) is 0 Å². The lowest BCUT2D eigenvalue weighted by Crippen LogP contribution is -2.35. The number of carboxylic acid groups (broad SMARTS) is 1. The van der Waals surface area contributed by atoms with E-state index in [1.807, 2.05) is 39.4 Å². The van der Waals surface area contributed by atoms with Gasteiger partial charge in [0.15, 0.2) is 0 Å². The van der Waals surface area contributed by atoms with E-state index in [9.17, 15) is 14.7 Å². The second-order valence-corrected chi connectivity index (χ2v) is 6.54. The summed E-state index contributed by atoms with van der Waals surface area (Å²) < 4.78 is 1.83. The second kappa shape index (κ2) is 6.10. The van der Waals surface area contributed by atoms with Gasteiger partial charge in [0.2, 0.25) is 5.91 Å². The number of carbonyl (C=O) groups excluding carboxylic acids is 1. The molecule has 3 atom stereocenters. The van der Waals surface area contributed by atoms with Crippen LogP contribution in [0.5, 0.6) is 0 Å². The molecule has 0 aliphatic carbocycles. The van der Waals surface area contributed by atoms with E-state index in [2.05, 4.69) is 5.10 Å². The van der Waals surface area contributed by atoms with Crippen molar-refractivity contribution in [2.24, 2.45) is 24.8 Å². The standard InChI is InChI=1S/C16H25N3O3/c1-9(6-13-11(3)17-18(5)12(13)4)15(20)19-7-10(2)14(8-19)16(21)22/h9-10,14H,6-8H2,1-5H3,(H,21,22)/t9?,10-,14-/m1/s1. The summed E-state index contributed by atoms with van der Waals surface area (Å²) in [6, 6.07) is 0. The Morgan fingerprint density at radius 3 is 2.45 bits per heavy atom. The molecule has 1 unspecified atom stereocenters. The normalized spacial score (nSPS) is 22.9. The molecule has 122 valence electrons. The zero-order valence-electron chi connectivity index (χ0n) is 14.0. The Bertz CT molecular complexity index is 594. The highest BCUT2D eigenvalue weighted by Gasteiger charge is 2.38. The number of aromatic nitrogens is 2. The van der Waals surface area contributed by atoms with Gasteiger partial charge in [0.25, 0.3) is 0 Å². The lowest BCUT2D eigenvalue weighted by atomic mass is 9.98. The average Bonchev–Trinajstić information content (AvgIpc) is 2.93. The number of amides is 1. The third kappa shape index (κ3) is 3.00. The molecule has 6 heteroatoms. The SMILES string of the molecule is Cc1nn(C)c(C)c1CC(C)C(=O)N1C[C@@H](C)[C@H](C(=O)O)C1. The van der Waals surface area contributed by atoms with Crippen molar-refractivity contribution >= 4 is 11.9 Å². The second-order valence-electron chi connectivity index (χ2n) is 6.54. The van der Waals surface area contributed by atoms with Crippen LogP contribution in [-0.4, -0.2) is 44.8 Å². The zero-order chi connectivity index (χ0) is 16.6. The molecular weight excluding hydrogens is 282 g/mol. The van der Waals surface area contributed by atoms with Crippen molar-refractivity contribution in [1.82, 2.24) is 14.7 Å². The lowest BCUT2D eigenvalue weighted by molar-refractivity contribution is -0.142. The van der Waals surface area contributed by atoms with Crippen molar-refractivity contribution in [3.05, 3.63) is 17.0 Å². The van der Waals surface area contributed by atoms with Gasteiger partial charge in [-0.25, -0.2) is 0 Å². The van der Waals surface area contributed by atoms with Gasteiger partial charge in [-0.1, -0.05) is 13.8 Å². The summed E-state index contributed by atoms with van der Waals surface area (Å²) in [4.78, 5) is 25.5. The highest BCUT2D eigenvalue weighted by molar-refractivity contribution is 5.81. The molecule has 0 spiro atoms. The lowest BCUT2D eigenvalue weighted by Gasteiger charge is -2.21. The van der Waals surface area contributed by atoms with Crippen molar-refractivity contribution in [1.29, 1.82) is 0 Å². The number of likely N-dealkylation sites (tertiary alicyclic amines) is 1. The van der Waals surface area contributed by atoms with Crippen molar-refractivity contribution in [3.8, 4) is 0 Å². The van der Waals surface area contributed by atoms with Gasteiger partial charge in [-0.2, -0.15) is 5.10 Å². The van der Waals surface area contributed by atoms with Crippen molar-refractivity contribution in [3.63, 3.8) is 0 Å². The third-order valence-electron chi connectivity index (χ3n) is 4.83. The highest BCUT2D eigenvalue weighted by Crippen LogP contribution is 2.26. The smallest absolute Gasteiger partial charge is 0.308 e. The number of nitrogens with zero attached hydrogens (tertiary/aromatic N) is 3. The van der Waals surface area contributed by atoms with Crippen LogP contribution >= 0.6 is 0 Å². The highest BCUT2D eigenvalue weighted by atomic mass is 16.4. The molecule has 1 aromatic heterocycles. The number of hydrogen-bond donors (Lipinski definition) is 1. The molecule has 1 saturated heterocycles. The largest absolute Gasteiger partial charge is 0.481 e. The van der Waals surface area contributed by atoms with Crippen LogP contribution in [0.15, 0.2) is 0 Å². The van der Waals surface area contributed by atoms with Crippen LogP contribution in [-0.2, 0) is 23.1 Å². The molecule has 1 fully saturated rings. The first-order chi connectivity index (χ1) is 10.2. The first-order valence-corrected chi connectivity index (χ1v) is 7.73. The monoisotopic (exact) mass is 307 g/mol. The van der Waals surface area contributed by atoms with Crippen molar-refractivity contribution in [2.75, 3.05) is 13.1 Å². The van der Waals surface area contributed by atoms with Crippen LogP contribution in [0.4, 0.5) is 0 Å². The maximum Gasteiger partial charge on any atom is 0.308 e. The number of carboxylic acids is 1. The van der Waals surface area contributed by atoms with Gasteiger partial charge in [0.05, 0.1) is 11.6 Å². The minimum absolute atomic E-state index is 0.00974. The van der Waals surface area contributed by atoms with Gasteiger partial charge in [0, 0.05) is 31.7 Å². The summed E-state index contributed by atoms with van der Waals surface area (Å²) in [6.45, 7) is 8.62. The summed E-state index contributed by atoms with van der Waals surface area (Å²) in [5.74, 6) is -1.37. The summed E-state index contributed by atoms with van der Waals surface area (Å²) >= 11 is 0. The Morgan fingerprint density at radius 2 is 2.00 bits per heavy atom. The number of carbonyl (C=O) groups is 2. The molecule has 2 rings (SSSR count). The van der Waals surface area contributed by atoms with E-state index in [4.69, 9.17) is 0 Å². The van der Waals surface area contributed by atoms with Crippen LogP contribution in [0, 0.1) is 31.6 Å². The molecule has 6 nitrogen and oxygen atoms in total. The van der Waals surface area contributed by atoms with Gasteiger partial charge in [-0.3, -0.25) is 14.3 Å². The maximum atomic E-state index is 12.6.